The SMILES string of the molecule is O=C(Cn1c(=S)[nH]c2ccccc21)Nc1ccccc1. The first-order valence-corrected chi connectivity index (χ1v) is 6.67. The van der Waals surface area contributed by atoms with Crippen molar-refractivity contribution in [1.29, 1.82) is 0 Å². The molecule has 2 N–H and O–H groups in total. The molecule has 0 bridgehead atoms. The molecule has 1 amide bonds. The number of carbonyl (C=O) groups excluding carboxylic acids is 1. The molecule has 5 heteroatoms. The van der Waals surface area contributed by atoms with Gasteiger partial charge in [0.05, 0.1) is 11.0 Å². The zero-order chi connectivity index (χ0) is 13.9. The number of fused-ring (bicyclic) bond motifs is 1. The Labute approximate surface area is 121 Å². The lowest BCUT2D eigenvalue weighted by Gasteiger charge is -2.06. The number of carbonyl (C=O) groups is 1. The number of hydrogen-bond acceptors (Lipinski definition) is 2. The average molecular weight is 283 g/mol. The summed E-state index contributed by atoms with van der Waals surface area (Å²) in [5.74, 6) is -0.1000. The lowest BCUT2D eigenvalue weighted by Crippen LogP contribution is -2.18. The van der Waals surface area contributed by atoms with Crippen molar-refractivity contribution in [2.24, 2.45) is 0 Å². The van der Waals surface area contributed by atoms with Gasteiger partial charge in [-0.2, -0.15) is 0 Å². The van der Waals surface area contributed by atoms with Gasteiger partial charge in [0.1, 0.15) is 6.54 Å². The van der Waals surface area contributed by atoms with Crippen molar-refractivity contribution in [2.45, 2.75) is 6.54 Å². The van der Waals surface area contributed by atoms with Gasteiger partial charge in [-0.3, -0.25) is 4.79 Å². The van der Waals surface area contributed by atoms with Crippen LogP contribution in [-0.4, -0.2) is 15.5 Å². The van der Waals surface area contributed by atoms with Crippen molar-refractivity contribution in [3.05, 3.63) is 59.4 Å². The number of anilines is 1. The van der Waals surface area contributed by atoms with Gasteiger partial charge in [0.15, 0.2) is 4.77 Å². The van der Waals surface area contributed by atoms with Crippen LogP contribution < -0.4 is 5.32 Å². The second kappa shape index (κ2) is 5.30. The van der Waals surface area contributed by atoms with Crippen LogP contribution in [0.2, 0.25) is 0 Å². The molecule has 20 heavy (non-hydrogen) atoms. The fourth-order valence-electron chi connectivity index (χ4n) is 2.13. The number of nitrogens with zero attached hydrogens (tertiary/aromatic N) is 1. The zero-order valence-electron chi connectivity index (χ0n) is 10.7. The van der Waals surface area contributed by atoms with Gasteiger partial charge < -0.3 is 14.9 Å². The number of H-pyrrole nitrogens is 1. The predicted molar refractivity (Wildman–Crippen MR) is 82.2 cm³/mol. The van der Waals surface area contributed by atoms with Crippen LogP contribution in [0.3, 0.4) is 0 Å². The highest BCUT2D eigenvalue weighted by atomic mass is 32.1. The Bertz CT molecular complexity index is 805. The van der Waals surface area contributed by atoms with Crippen molar-refractivity contribution >= 4 is 34.8 Å². The molecule has 0 atom stereocenters. The van der Waals surface area contributed by atoms with E-state index >= 15 is 0 Å². The van der Waals surface area contributed by atoms with Crippen molar-refractivity contribution in [3.63, 3.8) is 0 Å². The molecule has 0 saturated heterocycles. The molecular weight excluding hydrogens is 270 g/mol. The Balaban J connectivity index is 1.85. The van der Waals surface area contributed by atoms with E-state index in [0.717, 1.165) is 16.7 Å². The molecule has 2 aromatic carbocycles. The van der Waals surface area contributed by atoms with Gasteiger partial charge in [0, 0.05) is 5.69 Å². The number of hydrogen-bond donors (Lipinski definition) is 2. The summed E-state index contributed by atoms with van der Waals surface area (Å²) in [4.78, 5) is 15.2. The third-order valence-corrected chi connectivity index (χ3v) is 3.36. The summed E-state index contributed by atoms with van der Waals surface area (Å²) in [5.41, 5.74) is 2.65. The normalized spacial score (nSPS) is 10.6. The maximum atomic E-state index is 12.1. The largest absolute Gasteiger partial charge is 0.331 e. The van der Waals surface area contributed by atoms with E-state index in [1.54, 1.807) is 4.57 Å². The van der Waals surface area contributed by atoms with Crippen LogP contribution >= 0.6 is 12.2 Å². The van der Waals surface area contributed by atoms with E-state index in [-0.39, 0.29) is 12.5 Å². The molecule has 0 aliphatic carbocycles. The van der Waals surface area contributed by atoms with Crippen molar-refractivity contribution in [1.82, 2.24) is 9.55 Å². The number of para-hydroxylation sites is 3. The molecule has 0 aliphatic heterocycles. The Hall–Kier alpha value is -2.40. The summed E-state index contributed by atoms with van der Waals surface area (Å²) in [6, 6.07) is 17.1. The van der Waals surface area contributed by atoms with Gasteiger partial charge >= 0.3 is 0 Å². The summed E-state index contributed by atoms with van der Waals surface area (Å²) < 4.78 is 2.34. The third-order valence-electron chi connectivity index (χ3n) is 3.04. The van der Waals surface area contributed by atoms with E-state index in [9.17, 15) is 4.79 Å². The van der Waals surface area contributed by atoms with E-state index in [1.165, 1.54) is 0 Å². The minimum atomic E-state index is -0.1000. The van der Waals surface area contributed by atoms with E-state index in [1.807, 2.05) is 54.6 Å². The first-order valence-electron chi connectivity index (χ1n) is 6.26. The molecule has 0 saturated carbocycles. The molecule has 100 valence electrons. The number of benzene rings is 2. The smallest absolute Gasteiger partial charge is 0.244 e. The Morgan fingerprint density at radius 3 is 2.60 bits per heavy atom. The van der Waals surface area contributed by atoms with E-state index in [0.29, 0.717) is 4.77 Å². The van der Waals surface area contributed by atoms with Crippen LogP contribution in [0.4, 0.5) is 5.69 Å². The molecule has 1 aromatic heterocycles. The lowest BCUT2D eigenvalue weighted by molar-refractivity contribution is -0.116. The van der Waals surface area contributed by atoms with Crippen LogP contribution in [0.5, 0.6) is 0 Å². The summed E-state index contributed by atoms with van der Waals surface area (Å²) in [6.07, 6.45) is 0. The molecule has 3 aromatic rings. The number of imidazole rings is 1. The fraction of sp³-hybridized carbons (Fsp3) is 0.0667. The molecule has 0 unspecified atom stereocenters. The predicted octanol–water partition coefficient (Wildman–Crippen LogP) is 3.34. The number of aromatic nitrogens is 2. The molecule has 0 fully saturated rings. The summed E-state index contributed by atoms with van der Waals surface area (Å²) in [7, 11) is 0. The van der Waals surface area contributed by atoms with E-state index < -0.39 is 0 Å². The monoisotopic (exact) mass is 283 g/mol. The summed E-state index contributed by atoms with van der Waals surface area (Å²) in [6.45, 7) is 0.192. The quantitative estimate of drug-likeness (QED) is 0.724. The number of aromatic amines is 1. The van der Waals surface area contributed by atoms with Crippen molar-refractivity contribution in [3.8, 4) is 0 Å². The highest BCUT2D eigenvalue weighted by Crippen LogP contribution is 2.13. The van der Waals surface area contributed by atoms with Crippen molar-refractivity contribution in [2.75, 3.05) is 5.32 Å². The molecule has 1 heterocycles. The second-order valence-corrected chi connectivity index (χ2v) is 4.83. The van der Waals surface area contributed by atoms with Gasteiger partial charge in [-0.1, -0.05) is 30.3 Å². The standard InChI is InChI=1S/C15H13N3OS/c19-14(16-11-6-2-1-3-7-11)10-18-13-9-5-4-8-12(13)17-15(18)20/h1-9H,10H2,(H,16,19)(H,17,20). The van der Waals surface area contributed by atoms with Crippen LogP contribution in [0.1, 0.15) is 0 Å². The highest BCUT2D eigenvalue weighted by molar-refractivity contribution is 7.71. The topological polar surface area (TPSA) is 49.8 Å². The third kappa shape index (κ3) is 2.48. The molecule has 0 radical (unpaired) electrons. The Morgan fingerprint density at radius 1 is 1.10 bits per heavy atom. The summed E-state index contributed by atoms with van der Waals surface area (Å²) in [5, 5.41) is 2.85. The van der Waals surface area contributed by atoms with Crippen LogP contribution in [0.15, 0.2) is 54.6 Å². The Kier molecular flexibility index (Phi) is 3.35. The van der Waals surface area contributed by atoms with E-state index in [4.69, 9.17) is 12.2 Å². The number of amides is 1. The average Bonchev–Trinajstić information content (AvgIpc) is 2.76. The highest BCUT2D eigenvalue weighted by Gasteiger charge is 2.08. The van der Waals surface area contributed by atoms with Gasteiger partial charge in [0.2, 0.25) is 5.91 Å². The zero-order valence-corrected chi connectivity index (χ0v) is 11.5. The maximum Gasteiger partial charge on any atom is 0.244 e. The molecule has 4 nitrogen and oxygen atoms in total. The fourth-order valence-corrected chi connectivity index (χ4v) is 2.40. The van der Waals surface area contributed by atoms with Crippen LogP contribution in [-0.2, 0) is 11.3 Å². The van der Waals surface area contributed by atoms with E-state index in [2.05, 4.69) is 10.3 Å². The van der Waals surface area contributed by atoms with Crippen LogP contribution in [0, 0.1) is 4.77 Å². The van der Waals surface area contributed by atoms with Gasteiger partial charge in [0.25, 0.3) is 0 Å². The number of nitrogens with one attached hydrogen (secondary N) is 2. The minimum Gasteiger partial charge on any atom is -0.331 e. The summed E-state index contributed by atoms with van der Waals surface area (Å²) >= 11 is 5.26. The van der Waals surface area contributed by atoms with Crippen LogP contribution in [0.25, 0.3) is 11.0 Å². The lowest BCUT2D eigenvalue weighted by atomic mass is 10.3. The molecule has 3 rings (SSSR count). The molecular formula is C15H13N3OS. The Morgan fingerprint density at radius 2 is 1.80 bits per heavy atom. The second-order valence-electron chi connectivity index (χ2n) is 4.45. The molecule has 0 spiro atoms. The molecule has 0 aliphatic rings. The first-order chi connectivity index (χ1) is 9.74. The first kappa shape index (κ1) is 12.6. The van der Waals surface area contributed by atoms with Gasteiger partial charge in [-0.25, -0.2) is 0 Å². The van der Waals surface area contributed by atoms with Gasteiger partial charge in [-0.15, -0.1) is 0 Å². The maximum absolute atomic E-state index is 12.1. The number of rotatable bonds is 3. The van der Waals surface area contributed by atoms with Gasteiger partial charge in [-0.05, 0) is 36.5 Å². The minimum absolute atomic E-state index is 0.1000. The van der Waals surface area contributed by atoms with Crippen molar-refractivity contribution < 1.29 is 4.79 Å².